The Kier molecular flexibility index (Phi) is 7.23. The number of nitrogens with one attached hydrogen (secondary N) is 1. The molecule has 0 unspecified atom stereocenters. The molecule has 1 fully saturated rings. The van der Waals surface area contributed by atoms with Crippen molar-refractivity contribution >= 4 is 5.91 Å². The molecule has 0 aliphatic carbocycles. The van der Waals surface area contributed by atoms with Crippen molar-refractivity contribution in [2.24, 2.45) is 0 Å². The smallest absolute Gasteiger partial charge is 0.252 e. The van der Waals surface area contributed by atoms with Crippen LogP contribution in [0.2, 0.25) is 0 Å². The third-order valence-electron chi connectivity index (χ3n) is 5.54. The minimum atomic E-state index is -0.808. The highest BCUT2D eigenvalue weighted by Gasteiger charge is 2.38. The minimum Gasteiger partial charge on any atom is -0.389 e. The molecule has 1 aliphatic heterocycles. The van der Waals surface area contributed by atoms with Gasteiger partial charge >= 0.3 is 0 Å². The van der Waals surface area contributed by atoms with Gasteiger partial charge in [0.15, 0.2) is 0 Å². The molecule has 158 valence electrons. The lowest BCUT2D eigenvalue weighted by Gasteiger charge is -2.46. The Balaban J connectivity index is 2.21. The molecule has 0 spiro atoms. The summed E-state index contributed by atoms with van der Waals surface area (Å²) in [6.45, 7) is 12.7. The second-order valence-corrected chi connectivity index (χ2v) is 9.31. The van der Waals surface area contributed by atoms with Crippen LogP contribution in [-0.2, 0) is 0 Å². The number of aliphatic hydroxyl groups is 1. The first-order chi connectivity index (χ1) is 12.9. The zero-order valence-electron chi connectivity index (χ0n) is 18.2. The van der Waals surface area contributed by atoms with Crippen LogP contribution in [0.3, 0.4) is 0 Å². The molecule has 2 N–H and O–H groups in total. The van der Waals surface area contributed by atoms with Crippen molar-refractivity contribution in [3.8, 4) is 0 Å². The van der Waals surface area contributed by atoms with E-state index in [0.717, 1.165) is 31.5 Å². The van der Waals surface area contributed by atoms with Gasteiger partial charge in [0.2, 0.25) is 0 Å². The molecule has 1 amide bonds. The van der Waals surface area contributed by atoms with Crippen LogP contribution in [-0.4, -0.2) is 71.2 Å². The zero-order chi connectivity index (χ0) is 21.1. The molecule has 1 aliphatic rings. The zero-order valence-corrected chi connectivity index (χ0v) is 18.2. The van der Waals surface area contributed by atoms with Gasteiger partial charge in [-0.15, -0.1) is 0 Å². The van der Waals surface area contributed by atoms with Gasteiger partial charge < -0.3 is 20.2 Å². The molecule has 1 aromatic carbocycles. The van der Waals surface area contributed by atoms with E-state index in [2.05, 4.69) is 29.0 Å². The van der Waals surface area contributed by atoms with Crippen LogP contribution < -0.4 is 5.32 Å². The van der Waals surface area contributed by atoms with Crippen molar-refractivity contribution in [1.29, 1.82) is 0 Å². The molecule has 0 radical (unpaired) electrons. The summed E-state index contributed by atoms with van der Waals surface area (Å²) in [5.41, 5.74) is -0.0618. The lowest BCUT2D eigenvalue weighted by Crippen LogP contribution is -2.61. The van der Waals surface area contributed by atoms with E-state index < -0.39 is 17.0 Å². The van der Waals surface area contributed by atoms with Gasteiger partial charge in [0, 0.05) is 37.8 Å². The van der Waals surface area contributed by atoms with Crippen molar-refractivity contribution < 1.29 is 14.3 Å². The van der Waals surface area contributed by atoms with Crippen LogP contribution in [0.25, 0.3) is 0 Å². The number of benzene rings is 1. The number of rotatable bonds is 7. The topological polar surface area (TPSA) is 55.8 Å². The fourth-order valence-corrected chi connectivity index (χ4v) is 4.17. The summed E-state index contributed by atoms with van der Waals surface area (Å²) in [5, 5.41) is 13.4. The molecule has 6 heteroatoms. The molecule has 1 aromatic rings. The molecule has 2 rings (SSSR count). The quantitative estimate of drug-likeness (QED) is 0.748. The SMILES string of the molecule is Cc1ccc(F)cc1C(=O)NC1(CN(C)CC(C)(C)O)CCN(C(C)C)CC1. The Morgan fingerprint density at radius 1 is 1.36 bits per heavy atom. The highest BCUT2D eigenvalue weighted by molar-refractivity contribution is 5.96. The molecular formula is C22H36FN3O2. The number of likely N-dealkylation sites (tertiary alicyclic amines) is 1. The van der Waals surface area contributed by atoms with Crippen molar-refractivity contribution in [3.05, 3.63) is 35.1 Å². The van der Waals surface area contributed by atoms with E-state index in [9.17, 15) is 14.3 Å². The van der Waals surface area contributed by atoms with Gasteiger partial charge in [0.05, 0.1) is 11.1 Å². The highest BCUT2D eigenvalue weighted by atomic mass is 19.1. The van der Waals surface area contributed by atoms with Crippen molar-refractivity contribution in [1.82, 2.24) is 15.1 Å². The normalized spacial score (nSPS) is 17.9. The summed E-state index contributed by atoms with van der Waals surface area (Å²) < 4.78 is 13.7. The van der Waals surface area contributed by atoms with Gasteiger partial charge in [-0.05, 0) is 72.2 Å². The summed E-state index contributed by atoms with van der Waals surface area (Å²) >= 11 is 0. The minimum absolute atomic E-state index is 0.230. The predicted molar refractivity (Wildman–Crippen MR) is 111 cm³/mol. The third-order valence-corrected chi connectivity index (χ3v) is 5.54. The number of carbonyl (C=O) groups excluding carboxylic acids is 1. The number of hydrogen-bond donors (Lipinski definition) is 2. The van der Waals surface area contributed by atoms with Gasteiger partial charge in [-0.3, -0.25) is 4.79 Å². The first-order valence-electron chi connectivity index (χ1n) is 10.1. The van der Waals surface area contributed by atoms with Crippen LogP contribution in [0.15, 0.2) is 18.2 Å². The Bertz CT molecular complexity index is 677. The van der Waals surface area contributed by atoms with Crippen LogP contribution >= 0.6 is 0 Å². The fourth-order valence-electron chi connectivity index (χ4n) is 4.17. The number of hydrogen-bond acceptors (Lipinski definition) is 4. The lowest BCUT2D eigenvalue weighted by atomic mass is 9.85. The Labute approximate surface area is 168 Å². The second-order valence-electron chi connectivity index (χ2n) is 9.31. The van der Waals surface area contributed by atoms with E-state index in [0.29, 0.717) is 24.7 Å². The van der Waals surface area contributed by atoms with Crippen LogP contribution in [0.4, 0.5) is 4.39 Å². The summed E-state index contributed by atoms with van der Waals surface area (Å²) in [4.78, 5) is 17.5. The molecule has 5 nitrogen and oxygen atoms in total. The van der Waals surface area contributed by atoms with E-state index in [-0.39, 0.29) is 5.91 Å². The summed E-state index contributed by atoms with van der Waals surface area (Å²) in [7, 11) is 1.97. The van der Waals surface area contributed by atoms with Gasteiger partial charge in [0.25, 0.3) is 5.91 Å². The van der Waals surface area contributed by atoms with Crippen molar-refractivity contribution in [3.63, 3.8) is 0 Å². The first-order valence-corrected chi connectivity index (χ1v) is 10.1. The number of nitrogens with zero attached hydrogens (tertiary/aromatic N) is 2. The van der Waals surface area contributed by atoms with Crippen molar-refractivity contribution in [2.45, 2.75) is 64.6 Å². The third kappa shape index (κ3) is 6.26. The summed E-state index contributed by atoms with van der Waals surface area (Å²) in [6.07, 6.45) is 1.64. The lowest BCUT2D eigenvalue weighted by molar-refractivity contribution is 0.0240. The predicted octanol–water partition coefficient (Wildman–Crippen LogP) is 2.81. The van der Waals surface area contributed by atoms with E-state index >= 15 is 0 Å². The maximum atomic E-state index is 13.7. The summed E-state index contributed by atoms with van der Waals surface area (Å²) in [5.74, 6) is -0.634. The maximum absolute atomic E-state index is 13.7. The Morgan fingerprint density at radius 2 is 1.96 bits per heavy atom. The molecule has 0 aromatic heterocycles. The number of carbonyl (C=O) groups is 1. The van der Waals surface area contributed by atoms with E-state index in [1.165, 1.54) is 12.1 Å². The number of halogens is 1. The van der Waals surface area contributed by atoms with Gasteiger partial charge in [-0.2, -0.15) is 0 Å². The average Bonchev–Trinajstić information content (AvgIpc) is 2.55. The molecule has 1 heterocycles. The molecule has 0 atom stereocenters. The van der Waals surface area contributed by atoms with Gasteiger partial charge in [-0.25, -0.2) is 4.39 Å². The maximum Gasteiger partial charge on any atom is 0.252 e. The fraction of sp³-hybridized carbons (Fsp3) is 0.682. The van der Waals surface area contributed by atoms with E-state index in [1.807, 2.05) is 14.0 Å². The monoisotopic (exact) mass is 393 g/mol. The van der Waals surface area contributed by atoms with Gasteiger partial charge in [-0.1, -0.05) is 6.07 Å². The van der Waals surface area contributed by atoms with E-state index in [4.69, 9.17) is 0 Å². The largest absolute Gasteiger partial charge is 0.389 e. The molecular weight excluding hydrogens is 357 g/mol. The Morgan fingerprint density at radius 3 is 2.50 bits per heavy atom. The first kappa shape index (κ1) is 22.8. The second kappa shape index (κ2) is 8.89. The average molecular weight is 394 g/mol. The van der Waals surface area contributed by atoms with Gasteiger partial charge in [0.1, 0.15) is 5.82 Å². The number of piperidine rings is 1. The van der Waals surface area contributed by atoms with Crippen LogP contribution in [0.5, 0.6) is 0 Å². The number of aryl methyl sites for hydroxylation is 1. The molecule has 28 heavy (non-hydrogen) atoms. The van der Waals surface area contributed by atoms with Crippen molar-refractivity contribution in [2.75, 3.05) is 33.2 Å². The summed E-state index contributed by atoms with van der Waals surface area (Å²) in [6, 6.07) is 4.79. The number of likely N-dealkylation sites (N-methyl/N-ethyl adjacent to an activating group) is 1. The van der Waals surface area contributed by atoms with E-state index in [1.54, 1.807) is 19.9 Å². The Hall–Kier alpha value is -1.50. The highest BCUT2D eigenvalue weighted by Crippen LogP contribution is 2.26. The standard InChI is InChI=1S/C22H36FN3O2/c1-16(2)26-11-9-22(10-12-26,15-25(6)14-21(4,5)28)24-20(27)19-13-18(23)8-7-17(19)3/h7-8,13,16,28H,9-12,14-15H2,1-6H3,(H,24,27). The van der Waals surface area contributed by atoms with Crippen LogP contribution in [0.1, 0.15) is 56.5 Å². The van der Waals surface area contributed by atoms with Crippen LogP contribution in [0, 0.1) is 12.7 Å². The molecule has 0 bridgehead atoms. The molecule has 1 saturated heterocycles. The molecule has 0 saturated carbocycles. The number of amides is 1.